The summed E-state index contributed by atoms with van der Waals surface area (Å²) in [5.41, 5.74) is 0. The van der Waals surface area contributed by atoms with Crippen molar-refractivity contribution in [1.29, 1.82) is 0 Å². The number of nitrogens with one attached hydrogen (secondary N) is 2. The van der Waals surface area contributed by atoms with Gasteiger partial charge in [0.05, 0.1) is 13.2 Å². The summed E-state index contributed by atoms with van der Waals surface area (Å²) in [6, 6.07) is 0. The van der Waals surface area contributed by atoms with Crippen LogP contribution in [0.2, 0.25) is 0 Å². The minimum Gasteiger partial charge on any atom is -0.379 e. The average molecular weight is 246 g/mol. The number of aromatic amines is 1. The molecule has 1 saturated heterocycles. The normalized spacial score (nSPS) is 17.9. The predicted molar refractivity (Wildman–Crippen MR) is 63.0 cm³/mol. The maximum absolute atomic E-state index is 5.28. The van der Waals surface area contributed by atoms with Crippen LogP contribution >= 0.6 is 23.6 Å². The highest BCUT2D eigenvalue weighted by Gasteiger charge is 2.09. The van der Waals surface area contributed by atoms with Crippen LogP contribution in [-0.4, -0.2) is 54.5 Å². The zero-order chi connectivity index (χ0) is 10.5. The van der Waals surface area contributed by atoms with Gasteiger partial charge in [0.2, 0.25) is 5.13 Å². The monoisotopic (exact) mass is 246 g/mol. The molecule has 0 spiro atoms. The van der Waals surface area contributed by atoms with Crippen LogP contribution in [0.5, 0.6) is 0 Å². The summed E-state index contributed by atoms with van der Waals surface area (Å²) < 4.78 is 5.99. The number of H-pyrrole nitrogens is 1. The molecule has 1 fully saturated rings. The molecular formula is C8H14N4OS2. The Morgan fingerprint density at radius 3 is 3.00 bits per heavy atom. The zero-order valence-corrected chi connectivity index (χ0v) is 9.99. The van der Waals surface area contributed by atoms with Crippen LogP contribution in [0.3, 0.4) is 0 Å². The summed E-state index contributed by atoms with van der Waals surface area (Å²) in [5, 5.41) is 10.9. The van der Waals surface area contributed by atoms with Gasteiger partial charge in [-0.2, -0.15) is 0 Å². The Hall–Kier alpha value is -0.500. The average Bonchev–Trinajstić information content (AvgIpc) is 2.66. The van der Waals surface area contributed by atoms with Crippen molar-refractivity contribution in [3.05, 3.63) is 3.95 Å². The van der Waals surface area contributed by atoms with E-state index in [1.165, 1.54) is 11.3 Å². The Bertz CT molecular complexity index is 344. The molecule has 0 bridgehead atoms. The van der Waals surface area contributed by atoms with Gasteiger partial charge in [-0.25, -0.2) is 0 Å². The number of hydrogen-bond acceptors (Lipinski definition) is 6. The topological polar surface area (TPSA) is 53.2 Å². The zero-order valence-electron chi connectivity index (χ0n) is 8.36. The van der Waals surface area contributed by atoms with Crippen LogP contribution in [0.1, 0.15) is 0 Å². The van der Waals surface area contributed by atoms with E-state index in [0.717, 1.165) is 44.5 Å². The van der Waals surface area contributed by atoms with Crippen LogP contribution in [0, 0.1) is 3.95 Å². The van der Waals surface area contributed by atoms with Gasteiger partial charge in [0.25, 0.3) is 0 Å². The van der Waals surface area contributed by atoms with E-state index in [1.54, 1.807) is 0 Å². The lowest BCUT2D eigenvalue weighted by Crippen LogP contribution is -2.38. The number of aromatic nitrogens is 2. The molecule has 1 aliphatic rings. The number of nitrogens with zero attached hydrogens (tertiary/aromatic N) is 2. The molecule has 0 saturated carbocycles. The highest BCUT2D eigenvalue weighted by Crippen LogP contribution is 2.09. The van der Waals surface area contributed by atoms with Crippen molar-refractivity contribution in [3.8, 4) is 0 Å². The summed E-state index contributed by atoms with van der Waals surface area (Å²) in [6.07, 6.45) is 0. The van der Waals surface area contributed by atoms with Crippen LogP contribution in [0.15, 0.2) is 0 Å². The Kier molecular flexibility index (Phi) is 4.07. The molecule has 2 N–H and O–H groups in total. The van der Waals surface area contributed by atoms with Crippen molar-refractivity contribution in [2.75, 3.05) is 44.7 Å². The minimum atomic E-state index is 0.712. The molecule has 84 valence electrons. The second kappa shape index (κ2) is 5.55. The number of anilines is 1. The smallest absolute Gasteiger partial charge is 0.204 e. The van der Waals surface area contributed by atoms with Crippen molar-refractivity contribution in [1.82, 2.24) is 15.1 Å². The first kappa shape index (κ1) is 11.0. The summed E-state index contributed by atoms with van der Waals surface area (Å²) in [4.78, 5) is 2.38. The van der Waals surface area contributed by atoms with Gasteiger partial charge in [0.1, 0.15) is 0 Å². The van der Waals surface area contributed by atoms with Crippen LogP contribution in [-0.2, 0) is 4.74 Å². The SMILES string of the molecule is S=c1[nH]nc(NCCN2CCOCC2)s1. The van der Waals surface area contributed by atoms with E-state index in [-0.39, 0.29) is 0 Å². The third-order valence-corrected chi connectivity index (χ3v) is 3.29. The Morgan fingerprint density at radius 2 is 2.33 bits per heavy atom. The van der Waals surface area contributed by atoms with E-state index in [4.69, 9.17) is 17.0 Å². The molecule has 15 heavy (non-hydrogen) atoms. The van der Waals surface area contributed by atoms with Gasteiger partial charge in [-0.1, -0.05) is 11.3 Å². The number of rotatable bonds is 4. The van der Waals surface area contributed by atoms with Crippen molar-refractivity contribution in [3.63, 3.8) is 0 Å². The van der Waals surface area contributed by atoms with E-state index in [2.05, 4.69) is 20.4 Å². The fourth-order valence-electron chi connectivity index (χ4n) is 1.45. The van der Waals surface area contributed by atoms with E-state index in [9.17, 15) is 0 Å². The minimum absolute atomic E-state index is 0.712. The molecule has 1 aromatic rings. The summed E-state index contributed by atoms with van der Waals surface area (Å²) in [6.45, 7) is 5.67. The molecular weight excluding hydrogens is 232 g/mol. The molecule has 0 amide bonds. The van der Waals surface area contributed by atoms with Crippen LogP contribution in [0.4, 0.5) is 5.13 Å². The summed E-state index contributed by atoms with van der Waals surface area (Å²) in [7, 11) is 0. The maximum Gasteiger partial charge on any atom is 0.204 e. The molecule has 2 heterocycles. The summed E-state index contributed by atoms with van der Waals surface area (Å²) >= 11 is 6.41. The fourth-order valence-corrected chi connectivity index (χ4v) is 2.27. The maximum atomic E-state index is 5.28. The third-order valence-electron chi connectivity index (χ3n) is 2.25. The highest BCUT2D eigenvalue weighted by atomic mass is 32.1. The molecule has 0 radical (unpaired) electrons. The van der Waals surface area contributed by atoms with Crippen molar-refractivity contribution >= 4 is 28.7 Å². The van der Waals surface area contributed by atoms with E-state index < -0.39 is 0 Å². The molecule has 0 aliphatic carbocycles. The van der Waals surface area contributed by atoms with Gasteiger partial charge < -0.3 is 10.1 Å². The lowest BCUT2D eigenvalue weighted by atomic mass is 10.4. The van der Waals surface area contributed by atoms with E-state index >= 15 is 0 Å². The van der Waals surface area contributed by atoms with Crippen molar-refractivity contribution in [2.45, 2.75) is 0 Å². The van der Waals surface area contributed by atoms with Gasteiger partial charge in [-0.3, -0.25) is 10.00 Å². The van der Waals surface area contributed by atoms with Crippen molar-refractivity contribution in [2.24, 2.45) is 0 Å². The lowest BCUT2D eigenvalue weighted by Gasteiger charge is -2.26. The Morgan fingerprint density at radius 1 is 1.53 bits per heavy atom. The fraction of sp³-hybridized carbons (Fsp3) is 0.750. The van der Waals surface area contributed by atoms with Crippen LogP contribution < -0.4 is 5.32 Å². The Balaban J connectivity index is 1.68. The molecule has 0 unspecified atom stereocenters. The molecule has 1 aliphatic heterocycles. The summed E-state index contributed by atoms with van der Waals surface area (Å²) in [5.74, 6) is 0. The molecule has 5 nitrogen and oxygen atoms in total. The molecule has 0 atom stereocenters. The van der Waals surface area contributed by atoms with Gasteiger partial charge in [0, 0.05) is 26.2 Å². The molecule has 1 aromatic heterocycles. The lowest BCUT2D eigenvalue weighted by molar-refractivity contribution is 0.0398. The van der Waals surface area contributed by atoms with Gasteiger partial charge in [-0.15, -0.1) is 5.10 Å². The molecule has 2 rings (SSSR count). The van der Waals surface area contributed by atoms with Crippen molar-refractivity contribution < 1.29 is 4.74 Å². The number of ether oxygens (including phenoxy) is 1. The van der Waals surface area contributed by atoms with Crippen LogP contribution in [0.25, 0.3) is 0 Å². The number of morpholine rings is 1. The second-order valence-electron chi connectivity index (χ2n) is 3.30. The van der Waals surface area contributed by atoms with Gasteiger partial charge in [-0.05, 0) is 12.2 Å². The van der Waals surface area contributed by atoms with E-state index in [0.29, 0.717) is 3.95 Å². The van der Waals surface area contributed by atoms with E-state index in [1.807, 2.05) is 0 Å². The quantitative estimate of drug-likeness (QED) is 0.775. The Labute approximate surface area is 97.4 Å². The first-order valence-electron chi connectivity index (χ1n) is 4.94. The van der Waals surface area contributed by atoms with Gasteiger partial charge in [0.15, 0.2) is 3.95 Å². The first-order chi connectivity index (χ1) is 7.34. The number of hydrogen-bond donors (Lipinski definition) is 2. The first-order valence-corrected chi connectivity index (χ1v) is 6.16. The second-order valence-corrected chi connectivity index (χ2v) is 4.96. The standard InChI is InChI=1S/C8H14N4OS2/c14-8-11-10-7(15-8)9-1-2-12-3-5-13-6-4-12/h1-6H2,(H,9,10)(H,11,14). The largest absolute Gasteiger partial charge is 0.379 e. The van der Waals surface area contributed by atoms with Gasteiger partial charge >= 0.3 is 0 Å². The third kappa shape index (κ3) is 3.53. The molecule has 7 heteroatoms. The predicted octanol–water partition coefficient (Wildman–Crippen LogP) is 0.945. The molecule has 0 aromatic carbocycles. The highest BCUT2D eigenvalue weighted by molar-refractivity contribution is 7.73.